The molecule has 1 aliphatic heterocycles. The van der Waals surface area contributed by atoms with Crippen LogP contribution in [0.15, 0.2) is 62.8 Å². The molecule has 9 heteroatoms. The van der Waals surface area contributed by atoms with E-state index in [1.807, 2.05) is 47.9 Å². The number of esters is 1. The van der Waals surface area contributed by atoms with Crippen molar-refractivity contribution < 1.29 is 19.0 Å². The van der Waals surface area contributed by atoms with Crippen molar-refractivity contribution in [3.63, 3.8) is 0 Å². The van der Waals surface area contributed by atoms with Crippen LogP contribution >= 0.6 is 22.7 Å². The molecular formula is C26H28N2O5S2. The normalized spacial score (nSPS) is 15.6. The number of carbonyl (C=O) groups excluding carboxylic acids is 1. The first kappa shape index (κ1) is 25.1. The van der Waals surface area contributed by atoms with Crippen LogP contribution in [0.5, 0.6) is 5.75 Å². The maximum absolute atomic E-state index is 13.6. The number of thiophene rings is 1. The minimum absolute atomic E-state index is 0.131. The van der Waals surface area contributed by atoms with Crippen molar-refractivity contribution in [2.45, 2.75) is 32.7 Å². The molecule has 2 aromatic heterocycles. The van der Waals surface area contributed by atoms with E-state index in [4.69, 9.17) is 14.2 Å². The van der Waals surface area contributed by atoms with Crippen molar-refractivity contribution in [3.8, 4) is 5.75 Å². The van der Waals surface area contributed by atoms with Gasteiger partial charge in [-0.1, -0.05) is 42.9 Å². The lowest BCUT2D eigenvalue weighted by Gasteiger charge is -2.23. The molecule has 0 amide bonds. The Morgan fingerprint density at radius 3 is 2.66 bits per heavy atom. The van der Waals surface area contributed by atoms with Gasteiger partial charge in [0.15, 0.2) is 4.80 Å². The third-order valence-corrected chi connectivity index (χ3v) is 7.43. The minimum atomic E-state index is -0.585. The summed E-state index contributed by atoms with van der Waals surface area (Å²) in [6.07, 6.45) is 3.94. The lowest BCUT2D eigenvalue weighted by molar-refractivity contribution is -0.140. The number of thiazole rings is 1. The van der Waals surface area contributed by atoms with Crippen molar-refractivity contribution in [2.24, 2.45) is 4.99 Å². The van der Waals surface area contributed by atoms with Crippen molar-refractivity contribution in [1.82, 2.24) is 4.57 Å². The van der Waals surface area contributed by atoms with Gasteiger partial charge in [0.05, 0.1) is 29.0 Å². The van der Waals surface area contributed by atoms with Crippen LogP contribution in [0.3, 0.4) is 0 Å². The number of benzene rings is 1. The molecule has 0 saturated carbocycles. The van der Waals surface area contributed by atoms with Gasteiger partial charge in [-0.2, -0.15) is 0 Å². The fraction of sp³-hybridized carbons (Fsp3) is 0.346. The summed E-state index contributed by atoms with van der Waals surface area (Å²) < 4.78 is 18.3. The molecule has 7 nitrogen and oxygen atoms in total. The molecule has 3 aromatic rings. The van der Waals surface area contributed by atoms with E-state index in [9.17, 15) is 9.59 Å². The molecular weight excluding hydrogens is 484 g/mol. The predicted molar refractivity (Wildman–Crippen MR) is 138 cm³/mol. The molecule has 0 fully saturated rings. The second-order valence-corrected chi connectivity index (χ2v) is 9.99. The van der Waals surface area contributed by atoms with E-state index in [0.717, 1.165) is 29.0 Å². The molecule has 1 aliphatic rings. The second-order valence-electron chi connectivity index (χ2n) is 8.00. The van der Waals surface area contributed by atoms with Crippen molar-refractivity contribution in [2.75, 3.05) is 26.9 Å². The molecule has 0 bridgehead atoms. The standard InChI is InChI=1S/C26H28N2O5S2/c1-4-5-12-32-19-10-8-18(9-11-19)16-21-24(29)28-23(20-7-6-15-34-20)22(17(2)27-26(28)35-21)25(30)33-14-13-31-3/h6-11,15-16,23H,4-5,12-14H2,1-3H3/b21-16+/t23-/m1/s1. The summed E-state index contributed by atoms with van der Waals surface area (Å²) in [6.45, 7) is 5.02. The fourth-order valence-electron chi connectivity index (χ4n) is 3.74. The van der Waals surface area contributed by atoms with Crippen LogP contribution in [-0.2, 0) is 14.3 Å². The predicted octanol–water partition coefficient (Wildman–Crippen LogP) is 3.67. The van der Waals surface area contributed by atoms with Crippen LogP contribution in [0, 0.1) is 0 Å². The molecule has 35 heavy (non-hydrogen) atoms. The minimum Gasteiger partial charge on any atom is -0.494 e. The molecule has 0 saturated heterocycles. The third-order valence-electron chi connectivity index (χ3n) is 5.52. The first-order valence-electron chi connectivity index (χ1n) is 11.5. The highest BCUT2D eigenvalue weighted by Gasteiger charge is 2.34. The number of hydrogen-bond donors (Lipinski definition) is 0. The van der Waals surface area contributed by atoms with Gasteiger partial charge in [-0.25, -0.2) is 9.79 Å². The van der Waals surface area contributed by atoms with Crippen molar-refractivity contribution in [3.05, 3.63) is 83.2 Å². The number of methoxy groups -OCH3 is 1. The second kappa shape index (κ2) is 11.6. The monoisotopic (exact) mass is 512 g/mol. The highest BCUT2D eigenvalue weighted by atomic mass is 32.1. The van der Waals surface area contributed by atoms with Crippen LogP contribution in [0.4, 0.5) is 0 Å². The first-order chi connectivity index (χ1) is 17.0. The summed E-state index contributed by atoms with van der Waals surface area (Å²) in [7, 11) is 1.55. The van der Waals surface area contributed by atoms with E-state index < -0.39 is 12.0 Å². The Labute approximate surface area is 211 Å². The number of allylic oxidation sites excluding steroid dienone is 1. The molecule has 0 unspecified atom stereocenters. The number of rotatable bonds is 10. The van der Waals surface area contributed by atoms with E-state index in [0.29, 0.717) is 33.8 Å². The van der Waals surface area contributed by atoms with Crippen LogP contribution in [0.2, 0.25) is 0 Å². The van der Waals surface area contributed by atoms with Crippen LogP contribution in [0.25, 0.3) is 6.08 Å². The molecule has 4 rings (SSSR count). The van der Waals surface area contributed by atoms with E-state index in [1.54, 1.807) is 18.6 Å². The van der Waals surface area contributed by atoms with Gasteiger partial charge in [-0.05, 0) is 48.6 Å². The number of carbonyl (C=O) groups is 1. The maximum atomic E-state index is 13.6. The Morgan fingerprint density at radius 2 is 1.97 bits per heavy atom. The van der Waals surface area contributed by atoms with Gasteiger partial charge in [0.25, 0.3) is 5.56 Å². The third kappa shape index (κ3) is 5.63. The smallest absolute Gasteiger partial charge is 0.338 e. The molecule has 0 N–H and O–H groups in total. The van der Waals surface area contributed by atoms with Crippen molar-refractivity contribution >= 4 is 34.7 Å². The van der Waals surface area contributed by atoms with E-state index in [2.05, 4.69) is 11.9 Å². The number of unbranched alkanes of at least 4 members (excludes halogenated alkanes) is 1. The average Bonchev–Trinajstić information content (AvgIpc) is 3.48. The summed E-state index contributed by atoms with van der Waals surface area (Å²) in [5.41, 5.74) is 1.62. The first-order valence-corrected chi connectivity index (χ1v) is 13.2. The Kier molecular flexibility index (Phi) is 8.33. The van der Waals surface area contributed by atoms with Gasteiger partial charge in [0.2, 0.25) is 0 Å². The maximum Gasteiger partial charge on any atom is 0.338 e. The molecule has 0 radical (unpaired) electrons. The molecule has 0 aliphatic carbocycles. The summed E-state index contributed by atoms with van der Waals surface area (Å²) in [6, 6.07) is 10.9. The van der Waals surface area contributed by atoms with Gasteiger partial charge in [-0.15, -0.1) is 11.3 Å². The van der Waals surface area contributed by atoms with Gasteiger partial charge < -0.3 is 14.2 Å². The Hall–Kier alpha value is -3.01. The summed E-state index contributed by atoms with van der Waals surface area (Å²) in [5, 5.41) is 1.93. The van der Waals surface area contributed by atoms with E-state index >= 15 is 0 Å². The lowest BCUT2D eigenvalue weighted by Crippen LogP contribution is -2.39. The topological polar surface area (TPSA) is 79.1 Å². The van der Waals surface area contributed by atoms with Crippen LogP contribution in [-0.4, -0.2) is 37.5 Å². The van der Waals surface area contributed by atoms with Crippen LogP contribution in [0.1, 0.15) is 43.2 Å². The van der Waals surface area contributed by atoms with Gasteiger partial charge in [-0.3, -0.25) is 9.36 Å². The number of fused-ring (bicyclic) bond motifs is 1. The number of aromatic nitrogens is 1. The lowest BCUT2D eigenvalue weighted by atomic mass is 10.0. The highest BCUT2D eigenvalue weighted by Crippen LogP contribution is 2.33. The van der Waals surface area contributed by atoms with Gasteiger partial charge in [0.1, 0.15) is 18.4 Å². The zero-order chi connectivity index (χ0) is 24.8. The SMILES string of the molecule is CCCCOc1ccc(/C=c2/sc3n(c2=O)[C@H](c2cccs2)C(C(=O)OCCOC)=C(C)N=3)cc1. The van der Waals surface area contributed by atoms with Crippen molar-refractivity contribution in [1.29, 1.82) is 0 Å². The quantitative estimate of drug-likeness (QED) is 0.306. The van der Waals surface area contributed by atoms with Gasteiger partial charge in [0, 0.05) is 12.0 Å². The zero-order valence-electron chi connectivity index (χ0n) is 20.0. The summed E-state index contributed by atoms with van der Waals surface area (Å²) in [5.74, 6) is 0.316. The molecule has 184 valence electrons. The molecule has 0 spiro atoms. The molecule has 1 aromatic carbocycles. The highest BCUT2D eigenvalue weighted by molar-refractivity contribution is 7.10. The van der Waals surface area contributed by atoms with E-state index in [-0.39, 0.29) is 12.2 Å². The Balaban J connectivity index is 1.71. The molecule has 3 heterocycles. The number of ether oxygens (including phenoxy) is 3. The largest absolute Gasteiger partial charge is 0.494 e. The Bertz CT molecular complexity index is 1370. The average molecular weight is 513 g/mol. The van der Waals surface area contributed by atoms with Gasteiger partial charge >= 0.3 is 5.97 Å². The van der Waals surface area contributed by atoms with Crippen LogP contribution < -0.4 is 19.6 Å². The number of hydrogen-bond acceptors (Lipinski definition) is 8. The fourth-order valence-corrected chi connectivity index (χ4v) is 5.61. The summed E-state index contributed by atoms with van der Waals surface area (Å²) >= 11 is 2.80. The van der Waals surface area contributed by atoms with E-state index in [1.165, 1.54) is 22.7 Å². The number of nitrogens with zero attached hydrogens (tertiary/aromatic N) is 2. The summed E-state index contributed by atoms with van der Waals surface area (Å²) in [4.78, 5) is 32.6. The Morgan fingerprint density at radius 1 is 1.17 bits per heavy atom. The molecule has 1 atom stereocenters. The zero-order valence-corrected chi connectivity index (χ0v) is 21.6.